The first-order valence-electron chi connectivity index (χ1n) is 7.61. The quantitative estimate of drug-likeness (QED) is 0.589. The van der Waals surface area contributed by atoms with Crippen LogP contribution in [0.15, 0.2) is 6.07 Å². The molecule has 0 heterocycles. The molecule has 4 nitrogen and oxygen atoms in total. The Kier molecular flexibility index (Phi) is 6.75. The van der Waals surface area contributed by atoms with Gasteiger partial charge in [0.25, 0.3) is 0 Å². The number of unbranched alkanes of at least 4 members (excludes halogenated alkanes) is 2. The Balaban J connectivity index is 3.02. The molecule has 0 radical (unpaired) electrons. The summed E-state index contributed by atoms with van der Waals surface area (Å²) < 4.78 is 24.6. The molecule has 1 aromatic rings. The summed E-state index contributed by atoms with van der Waals surface area (Å²) >= 11 is 0. The van der Waals surface area contributed by atoms with E-state index in [1.807, 2.05) is 26.8 Å². The lowest BCUT2D eigenvalue weighted by molar-refractivity contribution is 0.101. The van der Waals surface area contributed by atoms with Crippen LogP contribution in [-0.4, -0.2) is 31.7 Å². The molecule has 0 saturated heterocycles. The number of aliphatic hydroxyl groups is 1. The SMILES string of the molecule is CC(=O)c1c(C)cc(C)c(CS(=O)(=O)CCCCCO)c1C. The largest absolute Gasteiger partial charge is 0.396 e. The van der Waals surface area contributed by atoms with Gasteiger partial charge < -0.3 is 5.11 Å². The van der Waals surface area contributed by atoms with Crippen LogP contribution in [0.25, 0.3) is 0 Å². The zero-order valence-corrected chi connectivity index (χ0v) is 14.7. The molecule has 1 aromatic carbocycles. The highest BCUT2D eigenvalue weighted by atomic mass is 32.2. The molecule has 0 atom stereocenters. The molecule has 0 aliphatic heterocycles. The summed E-state index contributed by atoms with van der Waals surface area (Å²) in [6.07, 6.45) is 1.90. The Labute approximate surface area is 133 Å². The Bertz CT molecular complexity index is 645. The van der Waals surface area contributed by atoms with E-state index in [9.17, 15) is 13.2 Å². The molecule has 5 heteroatoms. The van der Waals surface area contributed by atoms with Crippen LogP contribution in [0.3, 0.4) is 0 Å². The van der Waals surface area contributed by atoms with Gasteiger partial charge in [0.1, 0.15) is 0 Å². The van der Waals surface area contributed by atoms with E-state index in [4.69, 9.17) is 5.11 Å². The van der Waals surface area contributed by atoms with Crippen LogP contribution in [0.1, 0.15) is 58.8 Å². The van der Waals surface area contributed by atoms with Gasteiger partial charge in [0, 0.05) is 12.2 Å². The van der Waals surface area contributed by atoms with Crippen LogP contribution in [0.5, 0.6) is 0 Å². The van der Waals surface area contributed by atoms with Gasteiger partial charge in [0.2, 0.25) is 0 Å². The van der Waals surface area contributed by atoms with Gasteiger partial charge in [-0.25, -0.2) is 8.42 Å². The summed E-state index contributed by atoms with van der Waals surface area (Å²) in [4.78, 5) is 11.8. The van der Waals surface area contributed by atoms with Gasteiger partial charge >= 0.3 is 0 Å². The van der Waals surface area contributed by atoms with Gasteiger partial charge in [-0.3, -0.25) is 4.79 Å². The molecule has 0 aromatic heterocycles. The average molecular weight is 326 g/mol. The molecule has 0 fully saturated rings. The molecule has 0 bridgehead atoms. The molecule has 22 heavy (non-hydrogen) atoms. The Hall–Kier alpha value is -1.20. The van der Waals surface area contributed by atoms with Crippen molar-refractivity contribution >= 4 is 15.6 Å². The Morgan fingerprint density at radius 3 is 2.27 bits per heavy atom. The van der Waals surface area contributed by atoms with E-state index in [1.54, 1.807) is 0 Å². The fourth-order valence-electron chi connectivity index (χ4n) is 2.89. The van der Waals surface area contributed by atoms with E-state index in [-0.39, 0.29) is 23.9 Å². The van der Waals surface area contributed by atoms with Gasteiger partial charge in [0.15, 0.2) is 15.6 Å². The van der Waals surface area contributed by atoms with E-state index < -0.39 is 9.84 Å². The van der Waals surface area contributed by atoms with Crippen LogP contribution >= 0.6 is 0 Å². The third kappa shape index (κ3) is 4.92. The van der Waals surface area contributed by atoms with Crippen LogP contribution in [0.2, 0.25) is 0 Å². The number of benzene rings is 1. The van der Waals surface area contributed by atoms with Crippen molar-refractivity contribution in [2.45, 2.75) is 52.7 Å². The molecule has 1 N–H and O–H groups in total. The second kappa shape index (κ2) is 7.88. The average Bonchev–Trinajstić information content (AvgIpc) is 2.39. The number of aliphatic hydroxyl groups excluding tert-OH is 1. The van der Waals surface area contributed by atoms with Crippen LogP contribution in [-0.2, 0) is 15.6 Å². The molecule has 0 unspecified atom stereocenters. The zero-order valence-electron chi connectivity index (χ0n) is 13.9. The lowest BCUT2D eigenvalue weighted by atomic mass is 9.92. The number of Topliss-reactive ketones (excluding diaryl/α,β-unsaturated/α-hetero) is 1. The lowest BCUT2D eigenvalue weighted by Crippen LogP contribution is -2.14. The Morgan fingerprint density at radius 2 is 1.73 bits per heavy atom. The first-order chi connectivity index (χ1) is 10.2. The standard InChI is InChI=1S/C17H26O4S/c1-12-10-13(2)17(15(4)19)14(3)16(12)11-22(20,21)9-7-5-6-8-18/h10,18H,5-9,11H2,1-4H3. The number of sulfone groups is 1. The number of rotatable bonds is 8. The molecule has 0 aliphatic carbocycles. The molecular formula is C17H26O4S. The number of carbonyl (C=O) groups is 1. The number of hydrogen-bond donors (Lipinski definition) is 1. The van der Waals surface area contributed by atoms with Gasteiger partial charge in [-0.2, -0.15) is 0 Å². The minimum Gasteiger partial charge on any atom is -0.396 e. The van der Waals surface area contributed by atoms with Crippen molar-refractivity contribution < 1.29 is 18.3 Å². The summed E-state index contributed by atoms with van der Waals surface area (Å²) in [6, 6.07) is 1.89. The molecular weight excluding hydrogens is 300 g/mol. The third-order valence-corrected chi connectivity index (χ3v) is 5.60. The van der Waals surface area contributed by atoms with Gasteiger partial charge in [0.05, 0.1) is 11.5 Å². The molecule has 0 spiro atoms. The van der Waals surface area contributed by atoms with Gasteiger partial charge in [-0.05, 0) is 62.8 Å². The van der Waals surface area contributed by atoms with Crippen LogP contribution in [0.4, 0.5) is 0 Å². The van der Waals surface area contributed by atoms with E-state index in [1.165, 1.54) is 6.92 Å². The molecule has 124 valence electrons. The van der Waals surface area contributed by atoms with Gasteiger partial charge in [-0.1, -0.05) is 12.5 Å². The summed E-state index contributed by atoms with van der Waals surface area (Å²) in [7, 11) is -3.21. The topological polar surface area (TPSA) is 71.4 Å². The molecule has 0 saturated carbocycles. The van der Waals surface area contributed by atoms with Crippen molar-refractivity contribution in [3.05, 3.63) is 33.9 Å². The lowest BCUT2D eigenvalue weighted by Gasteiger charge is -2.16. The summed E-state index contributed by atoms with van der Waals surface area (Å²) in [5.41, 5.74) is 3.98. The zero-order chi connectivity index (χ0) is 16.9. The number of ketones is 1. The predicted molar refractivity (Wildman–Crippen MR) is 89.1 cm³/mol. The van der Waals surface area contributed by atoms with Crippen molar-refractivity contribution in [1.29, 1.82) is 0 Å². The fraction of sp³-hybridized carbons (Fsp3) is 0.588. The number of hydrogen-bond acceptors (Lipinski definition) is 4. The highest BCUT2D eigenvalue weighted by Gasteiger charge is 2.19. The van der Waals surface area contributed by atoms with E-state index in [2.05, 4.69) is 0 Å². The number of aryl methyl sites for hydroxylation is 2. The molecule has 1 rings (SSSR count). The Morgan fingerprint density at radius 1 is 1.09 bits per heavy atom. The van der Waals surface area contributed by atoms with E-state index >= 15 is 0 Å². The van der Waals surface area contributed by atoms with Crippen molar-refractivity contribution in [1.82, 2.24) is 0 Å². The first-order valence-corrected chi connectivity index (χ1v) is 9.43. The maximum atomic E-state index is 12.3. The summed E-state index contributed by atoms with van der Waals surface area (Å²) in [6.45, 7) is 7.20. The maximum absolute atomic E-state index is 12.3. The minimum absolute atomic E-state index is 0.0235. The van der Waals surface area contributed by atoms with Crippen LogP contribution in [0, 0.1) is 20.8 Å². The van der Waals surface area contributed by atoms with Crippen molar-refractivity contribution in [3.63, 3.8) is 0 Å². The normalized spacial score (nSPS) is 11.7. The van der Waals surface area contributed by atoms with Crippen molar-refractivity contribution in [2.24, 2.45) is 0 Å². The first kappa shape index (κ1) is 18.8. The fourth-order valence-corrected chi connectivity index (χ4v) is 4.57. The highest BCUT2D eigenvalue weighted by Crippen LogP contribution is 2.25. The van der Waals surface area contributed by atoms with Crippen molar-refractivity contribution in [2.75, 3.05) is 12.4 Å². The van der Waals surface area contributed by atoms with Crippen LogP contribution < -0.4 is 0 Å². The summed E-state index contributed by atoms with van der Waals surface area (Å²) in [5, 5.41) is 8.73. The molecule has 0 amide bonds. The number of carbonyl (C=O) groups excluding carboxylic acids is 1. The third-order valence-electron chi connectivity index (χ3n) is 3.96. The highest BCUT2D eigenvalue weighted by molar-refractivity contribution is 7.90. The van der Waals surface area contributed by atoms with Crippen molar-refractivity contribution in [3.8, 4) is 0 Å². The second-order valence-corrected chi connectivity index (χ2v) is 8.11. The summed E-state index contributed by atoms with van der Waals surface area (Å²) in [5.74, 6) is 0.0658. The second-order valence-electron chi connectivity index (χ2n) is 5.92. The monoisotopic (exact) mass is 326 g/mol. The smallest absolute Gasteiger partial charge is 0.160 e. The predicted octanol–water partition coefficient (Wildman–Crippen LogP) is 2.89. The van der Waals surface area contributed by atoms with E-state index in [0.717, 1.165) is 22.3 Å². The van der Waals surface area contributed by atoms with E-state index in [0.29, 0.717) is 24.8 Å². The minimum atomic E-state index is -3.21. The maximum Gasteiger partial charge on any atom is 0.160 e. The van der Waals surface area contributed by atoms with Gasteiger partial charge in [-0.15, -0.1) is 0 Å². The molecule has 0 aliphatic rings.